The van der Waals surface area contributed by atoms with E-state index in [9.17, 15) is 47.0 Å². The number of carboxylic acid groups (broad SMARTS) is 2. The lowest BCUT2D eigenvalue weighted by Crippen LogP contribution is -2.23. The molecule has 0 radical (unpaired) electrons. The van der Waals surface area contributed by atoms with E-state index in [1.807, 2.05) is 51.9 Å². The van der Waals surface area contributed by atoms with Crippen LogP contribution in [0, 0.1) is 17.5 Å². The van der Waals surface area contributed by atoms with Crippen molar-refractivity contribution in [2.24, 2.45) is 5.73 Å². The third kappa shape index (κ3) is 16.8. The van der Waals surface area contributed by atoms with E-state index < -0.39 is 53.1 Å². The Kier molecular flexibility index (Phi) is 22.5. The van der Waals surface area contributed by atoms with E-state index in [1.54, 1.807) is 53.5 Å². The van der Waals surface area contributed by atoms with Crippen molar-refractivity contribution in [1.82, 2.24) is 112 Å². The summed E-state index contributed by atoms with van der Waals surface area (Å²) in [5.41, 5.74) is 14.7. The number of aromatic carboxylic acids is 2. The maximum absolute atomic E-state index is 14.4. The van der Waals surface area contributed by atoms with Gasteiger partial charge in [-0.25, -0.2) is 76.3 Å². The van der Waals surface area contributed by atoms with Gasteiger partial charge in [0.25, 0.3) is 11.8 Å². The van der Waals surface area contributed by atoms with Gasteiger partial charge in [0.15, 0.2) is 51.5 Å². The van der Waals surface area contributed by atoms with Gasteiger partial charge in [0.2, 0.25) is 0 Å². The zero-order valence-corrected chi connectivity index (χ0v) is 63.1. The molecule has 0 atom stereocenters. The van der Waals surface area contributed by atoms with Crippen LogP contribution in [-0.4, -0.2) is 160 Å². The van der Waals surface area contributed by atoms with Crippen molar-refractivity contribution < 1.29 is 61.6 Å². The zero-order chi connectivity index (χ0) is 79.0. The third-order valence-electron chi connectivity index (χ3n) is 18.5. The minimum atomic E-state index is -1.13. The third-order valence-corrected chi connectivity index (χ3v) is 19.4. The molecule has 3 fully saturated rings. The average molecular weight is 1640 g/mol. The van der Waals surface area contributed by atoms with Crippen molar-refractivity contribution >= 4 is 116 Å². The lowest BCUT2D eigenvalue weighted by Gasteiger charge is -2.06. The molecule has 3 saturated carbocycles. The lowest BCUT2D eigenvalue weighted by molar-refractivity contribution is 0.0518. The topological polar surface area (TPSA) is 407 Å². The van der Waals surface area contributed by atoms with E-state index in [4.69, 9.17) is 55.1 Å². The van der Waals surface area contributed by atoms with Crippen LogP contribution in [0.2, 0.25) is 15.1 Å². The van der Waals surface area contributed by atoms with Crippen molar-refractivity contribution in [3.63, 3.8) is 0 Å². The molecule has 15 aromatic heterocycles. The summed E-state index contributed by atoms with van der Waals surface area (Å²) in [6.45, 7) is 4.92. The Hall–Kier alpha value is -12.7. The largest absolute Gasteiger partial charge is 0.478 e. The zero-order valence-electron chi connectivity index (χ0n) is 60.1. The van der Waals surface area contributed by atoms with Crippen molar-refractivity contribution in [2.45, 2.75) is 109 Å². The second-order valence-corrected chi connectivity index (χ2v) is 27.8. The molecular formula is C73H65Cl4F3N24O10. The van der Waals surface area contributed by atoms with Crippen LogP contribution in [0.4, 0.5) is 13.2 Å². The number of imidazole rings is 6. The van der Waals surface area contributed by atoms with Gasteiger partial charge in [-0.3, -0.25) is 9.59 Å². The van der Waals surface area contributed by atoms with E-state index >= 15 is 0 Å². The lowest BCUT2D eigenvalue weighted by atomic mass is 10.1. The number of nitrogens with zero attached hydrogens (tertiary/aromatic N) is 21. The van der Waals surface area contributed by atoms with Crippen molar-refractivity contribution in [3.05, 3.63) is 247 Å². The number of aromatic nitrogens is 21. The summed E-state index contributed by atoms with van der Waals surface area (Å²) >= 11 is 17.4. The number of ether oxygens (including phenoxy) is 2. The highest BCUT2D eigenvalue weighted by molar-refractivity contribution is 6.31. The number of amides is 2. The molecule has 586 valence electrons. The first-order chi connectivity index (χ1) is 54.6. The van der Waals surface area contributed by atoms with Gasteiger partial charge in [-0.15, -0.1) is 27.7 Å². The molecule has 41 heteroatoms. The maximum Gasteiger partial charge on any atom is 0.358 e. The standard InChI is InChI=1S/C25H22ClFN8O3.C23H18ClFN8O3.C17H17N5O4.C8H7ClFN3.ClH/c1-2-38-25(37)17-7-15(14-3-4-14)9-34-10-16(30-23(17)34)11-35-12-20(31-32-35)24(36)28-8-19-22-21(27)18(26)5-6-33(22)13-29-19;24-16-3-4-31-11-27-17(20(31)19(16)25)6-26-22(34)18-10-33(30-29-18)9-14-8-32-7-13(12-1-2-12)5-15(23(35)36)21(32)28-14;1-2-26-17(25)13-5-11(10-3-4-10)6-21-7-12(18-15(13)21)8-22-9-14(16(23)24)19-20-22;9-5-1-2-13-4-12-6(3-11)8(13)7(5)10;/h5-7,9-10,12-14H,2-4,8,11H2,1H3,(H,28,36);3-5,7-8,10-12H,1-2,6,9H2,(H,26,34)(H,35,36);5-7,9-10H,2-4,8H2,1H3,(H,23,24);1-2,4H,3,11H2;1H. The van der Waals surface area contributed by atoms with Crippen LogP contribution in [0.15, 0.2) is 130 Å². The van der Waals surface area contributed by atoms with Gasteiger partial charge >= 0.3 is 23.9 Å². The van der Waals surface area contributed by atoms with Crippen LogP contribution in [-0.2, 0) is 48.7 Å². The van der Waals surface area contributed by atoms with Crippen LogP contribution >= 0.6 is 47.2 Å². The SMILES string of the molecule is CCOC(=O)c1cc(C2CC2)cn2cc(Cn3cc(C(=O)NCc4ncn5ccc(Cl)c(F)c45)nn3)nc12.CCOC(=O)c1cc(C2CC2)cn2cc(Cn3cc(C(=O)O)nn3)nc12.Cl.NCc1ncn2ccc(Cl)c(F)c12.O=C(NCc1ncn2ccc(Cl)c(F)c12)c1cn(Cc2cn3cc(C4CC4)cc(C(=O)O)c3n2)nn1. The summed E-state index contributed by atoms with van der Waals surface area (Å²) in [5.74, 6) is -4.36. The number of pyridine rings is 6. The second-order valence-electron chi connectivity index (χ2n) is 26.6. The summed E-state index contributed by atoms with van der Waals surface area (Å²) in [6.07, 6.45) is 31.3. The first-order valence-corrected chi connectivity index (χ1v) is 36.4. The van der Waals surface area contributed by atoms with Crippen LogP contribution in [0.3, 0.4) is 0 Å². The highest BCUT2D eigenvalue weighted by Crippen LogP contribution is 2.43. The van der Waals surface area contributed by atoms with Gasteiger partial charge in [0, 0.05) is 62.3 Å². The Labute approximate surface area is 661 Å². The first-order valence-electron chi connectivity index (χ1n) is 35.3. The molecule has 6 N–H and O–H groups in total. The Morgan fingerprint density at radius 2 is 0.807 bits per heavy atom. The maximum atomic E-state index is 14.4. The number of halogens is 7. The number of hydrogen-bond acceptors (Lipinski definition) is 21. The van der Waals surface area contributed by atoms with E-state index in [-0.39, 0.29) is 107 Å². The van der Waals surface area contributed by atoms with Crippen molar-refractivity contribution in [3.8, 4) is 0 Å². The van der Waals surface area contributed by atoms with Crippen LogP contribution in [0.5, 0.6) is 0 Å². The fourth-order valence-electron chi connectivity index (χ4n) is 12.6. The number of carbonyl (C=O) groups is 6. The minimum absolute atomic E-state index is 0. The number of carbonyl (C=O) groups excluding carboxylic acids is 4. The molecule has 0 saturated heterocycles. The van der Waals surface area contributed by atoms with Crippen molar-refractivity contribution in [1.29, 1.82) is 0 Å². The van der Waals surface area contributed by atoms with Crippen molar-refractivity contribution in [2.75, 3.05) is 13.2 Å². The van der Waals surface area contributed by atoms with Gasteiger partial charge in [0.05, 0.1) is 133 Å². The normalized spacial score (nSPS) is 13.1. The molecule has 2 amide bonds. The van der Waals surface area contributed by atoms with Crippen LogP contribution < -0.4 is 16.4 Å². The quantitative estimate of drug-likeness (QED) is 0.0394. The molecule has 0 unspecified atom stereocenters. The summed E-state index contributed by atoms with van der Waals surface area (Å²) in [7, 11) is 0. The number of nitrogens with two attached hydrogens (primary N) is 1. The van der Waals surface area contributed by atoms with Crippen LogP contribution in [0.1, 0.15) is 184 Å². The number of carboxylic acids is 2. The predicted molar refractivity (Wildman–Crippen MR) is 403 cm³/mol. The number of hydrogen-bond donors (Lipinski definition) is 5. The minimum Gasteiger partial charge on any atom is -0.478 e. The highest BCUT2D eigenvalue weighted by Gasteiger charge is 2.31. The summed E-state index contributed by atoms with van der Waals surface area (Å²) in [4.78, 5) is 98.7. The molecule has 3 aliphatic carbocycles. The number of rotatable bonds is 22. The number of nitrogens with one attached hydrogen (secondary N) is 2. The van der Waals surface area contributed by atoms with E-state index in [2.05, 4.69) is 71.5 Å². The molecule has 0 aliphatic heterocycles. The highest BCUT2D eigenvalue weighted by atomic mass is 35.5. The molecule has 15 heterocycles. The Bertz CT molecular complexity index is 6250. The first kappa shape index (κ1) is 78.0. The van der Waals surface area contributed by atoms with Gasteiger partial charge < -0.3 is 62.5 Å². The summed E-state index contributed by atoms with van der Waals surface area (Å²) < 4.78 is 66.9. The molecule has 3 aliphatic rings. The fraction of sp³-hybridized carbons (Fsp3) is 0.260. The molecule has 114 heavy (non-hydrogen) atoms. The predicted octanol–water partition coefficient (Wildman–Crippen LogP) is 10.1. The van der Waals surface area contributed by atoms with E-state index in [0.717, 1.165) is 55.2 Å². The van der Waals surface area contributed by atoms with Crippen LogP contribution in [0.25, 0.3) is 33.5 Å². The molecular weight excluding hydrogens is 1570 g/mol. The average Bonchev–Trinajstić information content (AvgIpc) is 1.63. The number of esters is 2. The van der Waals surface area contributed by atoms with E-state index in [0.29, 0.717) is 92.1 Å². The Morgan fingerprint density at radius 1 is 0.474 bits per heavy atom. The molecule has 18 rings (SSSR count). The Balaban J connectivity index is 0.000000132. The summed E-state index contributed by atoms with van der Waals surface area (Å²) in [5, 5.41) is 47.1. The number of fused-ring (bicyclic) bond motifs is 6. The molecule has 34 nitrogen and oxygen atoms in total. The van der Waals surface area contributed by atoms with Gasteiger partial charge in [-0.2, -0.15) is 0 Å². The molecule has 0 bridgehead atoms. The molecule has 0 aromatic carbocycles. The van der Waals surface area contributed by atoms with E-state index in [1.165, 1.54) is 78.6 Å². The summed E-state index contributed by atoms with van der Waals surface area (Å²) in [6, 6.07) is 9.74. The molecule has 15 aromatic rings. The second kappa shape index (κ2) is 32.9. The van der Waals surface area contributed by atoms with Gasteiger partial charge in [-0.05, 0) is 123 Å². The monoisotopic (exact) mass is 1630 g/mol. The molecule has 0 spiro atoms. The van der Waals surface area contributed by atoms with Gasteiger partial charge in [0.1, 0.15) is 33.2 Å². The Morgan fingerprint density at radius 3 is 1.14 bits per heavy atom. The fourth-order valence-corrected chi connectivity index (χ4v) is 13.1. The smallest absolute Gasteiger partial charge is 0.358 e. The van der Waals surface area contributed by atoms with Gasteiger partial charge in [-0.1, -0.05) is 50.4 Å².